The van der Waals surface area contributed by atoms with Gasteiger partial charge >= 0.3 is 0 Å². The molecule has 126 valence electrons. The third-order valence-electron chi connectivity index (χ3n) is 2.92. The van der Waals surface area contributed by atoms with E-state index in [1.807, 2.05) is 18.2 Å². The second-order valence-electron chi connectivity index (χ2n) is 4.62. The maximum atomic E-state index is 10.6. The molecule has 1 aromatic carbocycles. The van der Waals surface area contributed by atoms with E-state index in [9.17, 15) is 10.1 Å². The third-order valence-corrected chi connectivity index (χ3v) is 7.92. The summed E-state index contributed by atoms with van der Waals surface area (Å²) in [6, 6.07) is 6.14. The molecule has 0 saturated carbocycles. The molecule has 0 spiro atoms. The average molecular weight is 405 g/mol. The maximum absolute atomic E-state index is 10.6. The summed E-state index contributed by atoms with van der Waals surface area (Å²) in [5.74, 6) is 0. The number of allylic oxidation sites excluding steroid dienone is 4. The molecule has 3 rings (SSSR count). The fraction of sp³-hybridized carbons (Fsp3) is 0. The van der Waals surface area contributed by atoms with Gasteiger partial charge in [-0.05, 0) is 40.5 Å². The van der Waals surface area contributed by atoms with Gasteiger partial charge in [-0.1, -0.05) is 59.2 Å². The molecule has 0 bridgehead atoms. The maximum Gasteiger partial charge on any atom is 0.269 e. The molecular weight excluding hydrogens is 392 g/mol. The molecule has 2 aliphatic rings. The molecule has 0 fully saturated rings. The third kappa shape index (κ3) is 5.43. The number of rotatable bonds is 5. The van der Waals surface area contributed by atoms with Crippen LogP contribution in [0.15, 0.2) is 83.2 Å². The molecule has 0 amide bonds. The average Bonchev–Trinajstić information content (AvgIpc) is 3.29. The Hall–Kier alpha value is -1.61. The van der Waals surface area contributed by atoms with Gasteiger partial charge in [0.15, 0.2) is 0 Å². The monoisotopic (exact) mass is 404 g/mol. The molecule has 2 aliphatic heterocycles. The van der Waals surface area contributed by atoms with Crippen LogP contribution in [-0.4, -0.2) is 11.1 Å². The molecule has 0 radical (unpaired) electrons. The van der Waals surface area contributed by atoms with Crippen LogP contribution < -0.4 is 0 Å². The SMILES string of the molecule is O=[N+]([O-])c1ccc(N=C/C=C/C=C/C2=CSC(=C3SC=CS3)S2)cc1. The number of non-ortho nitro benzene ring substituents is 1. The zero-order valence-corrected chi connectivity index (χ0v) is 16.0. The summed E-state index contributed by atoms with van der Waals surface area (Å²) < 4.78 is 2.68. The molecule has 0 atom stereocenters. The van der Waals surface area contributed by atoms with Crippen molar-refractivity contribution < 1.29 is 4.92 Å². The highest BCUT2D eigenvalue weighted by molar-refractivity contribution is 8.33. The minimum Gasteiger partial charge on any atom is -0.258 e. The van der Waals surface area contributed by atoms with Crippen LogP contribution in [0.2, 0.25) is 0 Å². The van der Waals surface area contributed by atoms with E-state index in [0.29, 0.717) is 5.69 Å². The minimum atomic E-state index is -0.422. The Morgan fingerprint density at radius 2 is 1.72 bits per heavy atom. The lowest BCUT2D eigenvalue weighted by Gasteiger charge is -1.99. The summed E-state index contributed by atoms with van der Waals surface area (Å²) in [4.78, 5) is 15.6. The van der Waals surface area contributed by atoms with Gasteiger partial charge < -0.3 is 0 Å². The number of nitrogens with zero attached hydrogens (tertiary/aromatic N) is 2. The largest absolute Gasteiger partial charge is 0.269 e. The van der Waals surface area contributed by atoms with E-state index >= 15 is 0 Å². The van der Waals surface area contributed by atoms with E-state index in [4.69, 9.17) is 0 Å². The summed E-state index contributed by atoms with van der Waals surface area (Å²) in [6.45, 7) is 0. The zero-order chi connectivity index (χ0) is 17.5. The Labute approximate surface area is 162 Å². The van der Waals surface area contributed by atoms with Gasteiger partial charge in [0.2, 0.25) is 0 Å². The molecule has 4 nitrogen and oxygen atoms in total. The molecular formula is C17H12N2O2S4. The number of aliphatic imine (C=N–C) groups is 1. The van der Waals surface area contributed by atoms with Crippen molar-refractivity contribution in [3.8, 4) is 0 Å². The first-order valence-corrected chi connectivity index (χ1v) is 10.6. The first-order valence-electron chi connectivity index (χ1n) is 7.11. The van der Waals surface area contributed by atoms with E-state index in [1.165, 1.54) is 25.5 Å². The predicted molar refractivity (Wildman–Crippen MR) is 114 cm³/mol. The van der Waals surface area contributed by atoms with E-state index in [-0.39, 0.29) is 5.69 Å². The quantitative estimate of drug-likeness (QED) is 0.232. The minimum absolute atomic E-state index is 0.0668. The summed E-state index contributed by atoms with van der Waals surface area (Å²) in [5, 5.41) is 16.9. The van der Waals surface area contributed by atoms with Crippen molar-refractivity contribution in [1.29, 1.82) is 0 Å². The Morgan fingerprint density at radius 3 is 2.44 bits per heavy atom. The van der Waals surface area contributed by atoms with Crippen molar-refractivity contribution >= 4 is 64.6 Å². The van der Waals surface area contributed by atoms with Crippen molar-refractivity contribution in [3.05, 3.63) is 88.3 Å². The number of nitro groups is 1. The number of nitro benzene ring substituents is 1. The Bertz CT molecular complexity index is 827. The Morgan fingerprint density at radius 1 is 0.960 bits per heavy atom. The number of thioether (sulfide) groups is 4. The summed E-state index contributed by atoms with van der Waals surface area (Å²) >= 11 is 7.09. The molecule has 25 heavy (non-hydrogen) atoms. The van der Waals surface area contributed by atoms with Crippen LogP contribution in [0.3, 0.4) is 0 Å². The second kappa shape index (κ2) is 9.19. The highest BCUT2D eigenvalue weighted by atomic mass is 32.2. The van der Waals surface area contributed by atoms with Gasteiger partial charge in [-0.15, -0.1) is 0 Å². The van der Waals surface area contributed by atoms with E-state index < -0.39 is 4.92 Å². The van der Waals surface area contributed by atoms with Gasteiger partial charge in [0.25, 0.3) is 5.69 Å². The van der Waals surface area contributed by atoms with Gasteiger partial charge in [0, 0.05) is 23.3 Å². The first-order chi connectivity index (χ1) is 12.2. The molecule has 2 heterocycles. The number of benzene rings is 1. The van der Waals surface area contributed by atoms with Crippen LogP contribution in [0.4, 0.5) is 11.4 Å². The number of hydrogen-bond acceptors (Lipinski definition) is 7. The Kier molecular flexibility index (Phi) is 6.69. The van der Waals surface area contributed by atoms with Gasteiger partial charge in [-0.3, -0.25) is 15.1 Å². The smallest absolute Gasteiger partial charge is 0.258 e. The lowest BCUT2D eigenvalue weighted by Crippen LogP contribution is -1.85. The van der Waals surface area contributed by atoms with Crippen LogP contribution in [0.25, 0.3) is 0 Å². The molecule has 8 heteroatoms. The van der Waals surface area contributed by atoms with Gasteiger partial charge in [0.1, 0.15) is 0 Å². The highest BCUT2D eigenvalue weighted by Gasteiger charge is 2.16. The summed E-state index contributed by atoms with van der Waals surface area (Å²) in [7, 11) is 0. The lowest BCUT2D eigenvalue weighted by molar-refractivity contribution is -0.384. The zero-order valence-electron chi connectivity index (χ0n) is 12.8. The van der Waals surface area contributed by atoms with E-state index in [0.717, 1.165) is 0 Å². The van der Waals surface area contributed by atoms with Crippen LogP contribution in [-0.2, 0) is 0 Å². The molecule has 0 aliphatic carbocycles. The fourth-order valence-electron chi connectivity index (χ4n) is 1.79. The molecule has 0 aromatic heterocycles. The molecule has 0 unspecified atom stereocenters. The van der Waals surface area contributed by atoms with E-state index in [1.54, 1.807) is 65.4 Å². The fourth-order valence-corrected chi connectivity index (χ4v) is 6.15. The van der Waals surface area contributed by atoms with Crippen LogP contribution in [0, 0.1) is 10.1 Å². The van der Waals surface area contributed by atoms with Crippen LogP contribution in [0.1, 0.15) is 0 Å². The standard InChI is InChI=1S/C17H12N2O2S4/c20-19(21)14-7-5-13(6-8-14)18-9-3-1-2-4-15-12-24-17(25-15)16-22-10-11-23-16/h1-12H/b3-1+,4-2+,18-9?. The highest BCUT2D eigenvalue weighted by Crippen LogP contribution is 2.53. The van der Waals surface area contributed by atoms with Crippen LogP contribution >= 0.6 is 47.0 Å². The van der Waals surface area contributed by atoms with Crippen LogP contribution in [0.5, 0.6) is 0 Å². The topological polar surface area (TPSA) is 55.5 Å². The number of hydrogen-bond donors (Lipinski definition) is 0. The lowest BCUT2D eigenvalue weighted by atomic mass is 10.3. The van der Waals surface area contributed by atoms with Crippen molar-refractivity contribution in [3.63, 3.8) is 0 Å². The predicted octanol–water partition coefficient (Wildman–Crippen LogP) is 6.81. The molecule has 0 saturated heterocycles. The molecule has 1 aromatic rings. The van der Waals surface area contributed by atoms with Crippen molar-refractivity contribution in [2.75, 3.05) is 0 Å². The Balaban J connectivity index is 1.47. The molecule has 0 N–H and O–H groups in total. The van der Waals surface area contributed by atoms with Crippen molar-refractivity contribution in [2.24, 2.45) is 4.99 Å². The normalized spacial score (nSPS) is 17.5. The van der Waals surface area contributed by atoms with E-state index in [2.05, 4.69) is 27.3 Å². The first kappa shape index (κ1) is 18.2. The summed E-state index contributed by atoms with van der Waals surface area (Å²) in [6.07, 6.45) is 9.45. The van der Waals surface area contributed by atoms with Gasteiger partial charge in [0.05, 0.1) is 19.1 Å². The second-order valence-corrected chi connectivity index (χ2v) is 8.93. The van der Waals surface area contributed by atoms with Crippen molar-refractivity contribution in [2.45, 2.75) is 0 Å². The van der Waals surface area contributed by atoms with Gasteiger partial charge in [-0.2, -0.15) is 0 Å². The van der Waals surface area contributed by atoms with Crippen molar-refractivity contribution in [1.82, 2.24) is 0 Å². The summed E-state index contributed by atoms with van der Waals surface area (Å²) in [5.41, 5.74) is 0.748. The van der Waals surface area contributed by atoms with Gasteiger partial charge in [-0.25, -0.2) is 0 Å².